The predicted octanol–water partition coefficient (Wildman–Crippen LogP) is 4.08. The summed E-state index contributed by atoms with van der Waals surface area (Å²) >= 11 is 0. The lowest BCUT2D eigenvalue weighted by Gasteiger charge is -2.22. The molecule has 0 N–H and O–H groups in total. The van der Waals surface area contributed by atoms with Crippen LogP contribution in [0.5, 0.6) is 0 Å². The molecule has 1 aliphatic rings. The van der Waals surface area contributed by atoms with E-state index < -0.39 is 19.9 Å². The number of sulfone groups is 1. The molecule has 0 radical (unpaired) electrons. The van der Waals surface area contributed by atoms with Gasteiger partial charge in [-0.25, -0.2) is 16.8 Å². The fraction of sp³-hybridized carbons (Fsp3) is 0.276. The van der Waals surface area contributed by atoms with Crippen LogP contribution in [0.15, 0.2) is 94.7 Å². The van der Waals surface area contributed by atoms with Crippen molar-refractivity contribution in [3.05, 3.63) is 96.1 Å². The lowest BCUT2D eigenvalue weighted by molar-refractivity contribution is -0.113. The number of likely N-dealkylation sites (N-methyl/N-ethyl adjacent to an activating group) is 1. The van der Waals surface area contributed by atoms with E-state index in [-0.39, 0.29) is 28.1 Å². The summed E-state index contributed by atoms with van der Waals surface area (Å²) in [5, 5.41) is 0. The van der Waals surface area contributed by atoms with Crippen LogP contribution in [-0.4, -0.2) is 71.4 Å². The number of nitrogens with zero attached hydrogens (tertiary/aromatic N) is 3. The summed E-state index contributed by atoms with van der Waals surface area (Å²) in [6, 6.07) is 22.7. The second kappa shape index (κ2) is 13.6. The van der Waals surface area contributed by atoms with Gasteiger partial charge in [0, 0.05) is 51.2 Å². The fourth-order valence-electron chi connectivity index (χ4n) is 4.41. The number of halogens is 1. The zero-order valence-electron chi connectivity index (χ0n) is 22.5. The zero-order chi connectivity index (χ0) is 28.0. The van der Waals surface area contributed by atoms with Crippen LogP contribution in [0.25, 0.3) is 6.08 Å². The van der Waals surface area contributed by atoms with Crippen LogP contribution in [0.1, 0.15) is 17.5 Å². The van der Waals surface area contributed by atoms with Crippen molar-refractivity contribution in [2.24, 2.45) is 0 Å². The molecule has 0 saturated carbocycles. The SMILES string of the molecule is CN(C(=O)/C=C/c1ccc(S(C)(=O)=O)cc1)c1ccc(S(=O)(=O)N2CCCN(Cc3ccccc3)CC2)cc1.Cl. The average Bonchev–Trinajstić information content (AvgIpc) is 3.18. The van der Waals surface area contributed by atoms with Gasteiger partial charge in [0.2, 0.25) is 10.0 Å². The number of amides is 1. The molecule has 11 heteroatoms. The molecule has 3 aromatic carbocycles. The molecule has 3 aromatic rings. The van der Waals surface area contributed by atoms with Crippen molar-refractivity contribution >= 4 is 49.9 Å². The van der Waals surface area contributed by atoms with Gasteiger partial charge in [-0.3, -0.25) is 9.69 Å². The summed E-state index contributed by atoms with van der Waals surface area (Å²) in [5.74, 6) is -0.302. The van der Waals surface area contributed by atoms with Crippen LogP contribution >= 0.6 is 12.4 Å². The molecule has 8 nitrogen and oxygen atoms in total. The Bertz CT molecular complexity index is 1530. The number of sulfonamides is 1. The highest BCUT2D eigenvalue weighted by molar-refractivity contribution is 7.90. The third kappa shape index (κ3) is 8.02. The van der Waals surface area contributed by atoms with E-state index in [1.807, 2.05) is 18.2 Å². The molecular weight excluding hydrogens is 570 g/mol. The summed E-state index contributed by atoms with van der Waals surface area (Å²) in [4.78, 5) is 16.8. The minimum Gasteiger partial charge on any atom is -0.312 e. The number of anilines is 1. The van der Waals surface area contributed by atoms with E-state index >= 15 is 0 Å². The highest BCUT2D eigenvalue weighted by atomic mass is 35.5. The Morgan fingerprint density at radius 1 is 0.825 bits per heavy atom. The topological polar surface area (TPSA) is 95.1 Å². The van der Waals surface area contributed by atoms with Crippen LogP contribution < -0.4 is 4.90 Å². The first kappa shape index (κ1) is 31.5. The van der Waals surface area contributed by atoms with Gasteiger partial charge >= 0.3 is 0 Å². The lowest BCUT2D eigenvalue weighted by Crippen LogP contribution is -2.35. The molecule has 0 aliphatic carbocycles. The van der Waals surface area contributed by atoms with E-state index in [1.165, 1.54) is 40.8 Å². The van der Waals surface area contributed by atoms with Gasteiger partial charge in [-0.05, 0) is 66.6 Å². The molecule has 40 heavy (non-hydrogen) atoms. The molecule has 0 aromatic heterocycles. The molecule has 214 valence electrons. The minimum absolute atomic E-state index is 0. The Labute approximate surface area is 243 Å². The summed E-state index contributed by atoms with van der Waals surface area (Å²) < 4.78 is 51.4. The highest BCUT2D eigenvalue weighted by Crippen LogP contribution is 2.22. The molecule has 4 rings (SSSR count). The Kier molecular flexibility index (Phi) is 10.7. The monoisotopic (exact) mass is 603 g/mol. The van der Waals surface area contributed by atoms with Gasteiger partial charge in [-0.2, -0.15) is 4.31 Å². The van der Waals surface area contributed by atoms with E-state index in [1.54, 1.807) is 41.7 Å². The predicted molar refractivity (Wildman–Crippen MR) is 161 cm³/mol. The maximum atomic E-state index is 13.3. The summed E-state index contributed by atoms with van der Waals surface area (Å²) in [6.45, 7) is 3.17. The third-order valence-corrected chi connectivity index (χ3v) is 9.76. The first-order valence-electron chi connectivity index (χ1n) is 12.7. The molecule has 1 saturated heterocycles. The molecule has 0 bridgehead atoms. The van der Waals surface area contributed by atoms with E-state index in [4.69, 9.17) is 0 Å². The van der Waals surface area contributed by atoms with Crippen LogP contribution in [0.2, 0.25) is 0 Å². The number of rotatable bonds is 8. The quantitative estimate of drug-likeness (QED) is 0.360. The maximum absolute atomic E-state index is 13.3. The van der Waals surface area contributed by atoms with Crippen molar-refractivity contribution in [2.75, 3.05) is 44.4 Å². The van der Waals surface area contributed by atoms with Crippen LogP contribution in [-0.2, 0) is 31.2 Å². The zero-order valence-corrected chi connectivity index (χ0v) is 25.0. The van der Waals surface area contributed by atoms with Crippen LogP contribution in [0.4, 0.5) is 5.69 Å². The average molecular weight is 604 g/mol. The van der Waals surface area contributed by atoms with Crippen molar-refractivity contribution in [1.29, 1.82) is 0 Å². The van der Waals surface area contributed by atoms with Gasteiger partial charge in [0.05, 0.1) is 9.79 Å². The van der Waals surface area contributed by atoms with Crippen molar-refractivity contribution in [3.8, 4) is 0 Å². The van der Waals surface area contributed by atoms with Crippen molar-refractivity contribution < 1.29 is 21.6 Å². The number of benzene rings is 3. The molecule has 1 heterocycles. The van der Waals surface area contributed by atoms with Crippen molar-refractivity contribution in [2.45, 2.75) is 22.8 Å². The highest BCUT2D eigenvalue weighted by Gasteiger charge is 2.27. The van der Waals surface area contributed by atoms with Gasteiger partial charge in [0.1, 0.15) is 0 Å². The largest absolute Gasteiger partial charge is 0.312 e. The Hall–Kier alpha value is -3.02. The summed E-state index contributed by atoms with van der Waals surface area (Å²) in [5.41, 5.74) is 2.45. The van der Waals surface area contributed by atoms with E-state index in [0.717, 1.165) is 25.8 Å². The van der Waals surface area contributed by atoms with E-state index in [2.05, 4.69) is 17.0 Å². The van der Waals surface area contributed by atoms with Gasteiger partial charge in [0.25, 0.3) is 5.91 Å². The number of carbonyl (C=O) groups excluding carboxylic acids is 1. The van der Waals surface area contributed by atoms with Gasteiger partial charge in [-0.15, -0.1) is 12.4 Å². The smallest absolute Gasteiger partial charge is 0.250 e. The summed E-state index contributed by atoms with van der Waals surface area (Å²) in [7, 11) is -5.33. The molecule has 1 aliphatic heterocycles. The van der Waals surface area contributed by atoms with Crippen molar-refractivity contribution in [3.63, 3.8) is 0 Å². The second-order valence-electron chi connectivity index (χ2n) is 9.59. The van der Waals surface area contributed by atoms with Gasteiger partial charge in [0.15, 0.2) is 9.84 Å². The molecule has 1 fully saturated rings. The Balaban J connectivity index is 0.00000441. The Morgan fingerprint density at radius 2 is 1.45 bits per heavy atom. The molecule has 0 atom stereocenters. The van der Waals surface area contributed by atoms with Gasteiger partial charge < -0.3 is 4.90 Å². The molecular formula is C29H34ClN3O5S2. The van der Waals surface area contributed by atoms with Crippen molar-refractivity contribution in [1.82, 2.24) is 9.21 Å². The first-order valence-corrected chi connectivity index (χ1v) is 16.0. The number of carbonyl (C=O) groups is 1. The molecule has 0 spiro atoms. The summed E-state index contributed by atoms with van der Waals surface area (Å²) in [6.07, 6.45) is 4.88. The first-order chi connectivity index (χ1) is 18.5. The molecule has 0 unspecified atom stereocenters. The third-order valence-electron chi connectivity index (χ3n) is 6.72. The molecule has 1 amide bonds. The van der Waals surface area contributed by atoms with Gasteiger partial charge in [-0.1, -0.05) is 42.5 Å². The standard InChI is InChI=1S/C29H33N3O5S2.ClH/c1-30(29(33)18-11-24-9-14-27(15-10-24)38(2,34)35)26-12-16-28(17-13-26)39(36,37)32-20-6-19-31(21-22-32)23-25-7-4-3-5-8-25;/h3-5,7-18H,6,19-23H2,1-2H3;1H/b18-11+;. The lowest BCUT2D eigenvalue weighted by atomic mass is 10.2. The van der Waals surface area contributed by atoms with Crippen LogP contribution in [0.3, 0.4) is 0 Å². The normalized spacial score (nSPS) is 15.3. The fourth-order valence-corrected chi connectivity index (χ4v) is 6.51. The Morgan fingerprint density at radius 3 is 2.08 bits per heavy atom. The van der Waals surface area contributed by atoms with E-state index in [0.29, 0.717) is 30.9 Å². The van der Waals surface area contributed by atoms with Crippen LogP contribution in [0, 0.1) is 0 Å². The minimum atomic E-state index is -3.66. The number of hydrogen-bond donors (Lipinski definition) is 0. The maximum Gasteiger partial charge on any atom is 0.250 e. The number of hydrogen-bond acceptors (Lipinski definition) is 6. The second-order valence-corrected chi connectivity index (χ2v) is 13.5. The van der Waals surface area contributed by atoms with E-state index in [9.17, 15) is 21.6 Å².